The summed E-state index contributed by atoms with van der Waals surface area (Å²) in [5.74, 6) is 2.41. The predicted octanol–water partition coefficient (Wildman–Crippen LogP) is 3.18. The molecule has 2 aliphatic rings. The minimum atomic E-state index is -0.731. The van der Waals surface area contributed by atoms with Gasteiger partial charge in [-0.05, 0) is 29.8 Å². The SMILES string of the molecule is O=C(C1COc2ccccc2O1)N(Cc1cccnc1)Cc1cccc2c1OCO2. The molecule has 0 fully saturated rings. The molecule has 7 nitrogen and oxygen atoms in total. The Bertz CT molecular complexity index is 1060. The zero-order chi connectivity index (χ0) is 20.3. The van der Waals surface area contributed by atoms with Crippen molar-refractivity contribution in [2.75, 3.05) is 13.4 Å². The van der Waals surface area contributed by atoms with Crippen molar-refractivity contribution in [3.05, 3.63) is 78.1 Å². The van der Waals surface area contributed by atoms with E-state index < -0.39 is 6.10 Å². The van der Waals surface area contributed by atoms with Crippen LogP contribution in [-0.4, -0.2) is 35.3 Å². The van der Waals surface area contributed by atoms with Crippen LogP contribution in [0.2, 0.25) is 0 Å². The molecule has 0 spiro atoms. The molecular weight excluding hydrogens is 384 g/mol. The van der Waals surface area contributed by atoms with Gasteiger partial charge in [-0.15, -0.1) is 0 Å². The Morgan fingerprint density at radius 3 is 2.67 bits per heavy atom. The summed E-state index contributed by atoms with van der Waals surface area (Å²) in [4.78, 5) is 19.3. The molecule has 3 heterocycles. The predicted molar refractivity (Wildman–Crippen MR) is 107 cm³/mol. The van der Waals surface area contributed by atoms with Crippen LogP contribution in [0.3, 0.4) is 0 Å². The topological polar surface area (TPSA) is 70.1 Å². The maximum atomic E-state index is 13.4. The van der Waals surface area contributed by atoms with Gasteiger partial charge in [0.1, 0.15) is 6.61 Å². The first kappa shape index (κ1) is 18.3. The molecule has 0 bridgehead atoms. The van der Waals surface area contributed by atoms with Gasteiger partial charge in [0, 0.05) is 31.0 Å². The van der Waals surface area contributed by atoms with Gasteiger partial charge in [-0.1, -0.05) is 30.3 Å². The number of aromatic nitrogens is 1. The molecule has 0 aliphatic carbocycles. The minimum Gasteiger partial charge on any atom is -0.485 e. The number of carbonyl (C=O) groups is 1. The normalized spacial score (nSPS) is 16.2. The fraction of sp³-hybridized carbons (Fsp3) is 0.217. The average molecular weight is 404 g/mol. The Morgan fingerprint density at radius 1 is 0.933 bits per heavy atom. The fourth-order valence-corrected chi connectivity index (χ4v) is 3.59. The Balaban J connectivity index is 1.41. The van der Waals surface area contributed by atoms with Crippen molar-refractivity contribution in [1.29, 1.82) is 0 Å². The fourth-order valence-electron chi connectivity index (χ4n) is 3.59. The number of para-hydroxylation sites is 3. The highest BCUT2D eigenvalue weighted by atomic mass is 16.7. The van der Waals surface area contributed by atoms with Crippen molar-refractivity contribution in [3.63, 3.8) is 0 Å². The lowest BCUT2D eigenvalue weighted by Gasteiger charge is -2.31. The van der Waals surface area contributed by atoms with E-state index in [4.69, 9.17) is 18.9 Å². The molecule has 1 atom stereocenters. The number of hydrogen-bond donors (Lipinski definition) is 0. The summed E-state index contributed by atoms with van der Waals surface area (Å²) in [5.41, 5.74) is 1.80. The summed E-state index contributed by atoms with van der Waals surface area (Å²) >= 11 is 0. The first-order valence-corrected chi connectivity index (χ1v) is 9.71. The molecule has 0 saturated carbocycles. The van der Waals surface area contributed by atoms with E-state index >= 15 is 0 Å². The van der Waals surface area contributed by atoms with Crippen LogP contribution >= 0.6 is 0 Å². The summed E-state index contributed by atoms with van der Waals surface area (Å²) in [6.45, 7) is 1.08. The molecule has 0 N–H and O–H groups in total. The third kappa shape index (κ3) is 3.61. The van der Waals surface area contributed by atoms with Crippen molar-refractivity contribution in [2.45, 2.75) is 19.2 Å². The zero-order valence-electron chi connectivity index (χ0n) is 16.2. The number of carbonyl (C=O) groups excluding carboxylic acids is 1. The molecule has 2 aromatic carbocycles. The average Bonchev–Trinajstić information content (AvgIpc) is 3.28. The van der Waals surface area contributed by atoms with Gasteiger partial charge < -0.3 is 23.8 Å². The number of amides is 1. The van der Waals surface area contributed by atoms with Gasteiger partial charge in [0.2, 0.25) is 12.9 Å². The van der Waals surface area contributed by atoms with Crippen molar-refractivity contribution in [1.82, 2.24) is 9.88 Å². The van der Waals surface area contributed by atoms with Crippen LogP contribution in [-0.2, 0) is 17.9 Å². The van der Waals surface area contributed by atoms with Crippen LogP contribution in [0.15, 0.2) is 67.0 Å². The first-order chi connectivity index (χ1) is 14.8. The molecule has 5 rings (SSSR count). The molecule has 2 aliphatic heterocycles. The van der Waals surface area contributed by atoms with E-state index in [1.807, 2.05) is 48.5 Å². The summed E-state index contributed by atoms with van der Waals surface area (Å²) in [5, 5.41) is 0. The van der Waals surface area contributed by atoms with Crippen molar-refractivity contribution >= 4 is 5.91 Å². The lowest BCUT2D eigenvalue weighted by Crippen LogP contribution is -2.45. The van der Waals surface area contributed by atoms with Gasteiger partial charge in [0.05, 0.1) is 0 Å². The van der Waals surface area contributed by atoms with Crippen LogP contribution in [0.25, 0.3) is 0 Å². The quantitative estimate of drug-likeness (QED) is 0.651. The van der Waals surface area contributed by atoms with E-state index in [0.717, 1.165) is 11.1 Å². The number of benzene rings is 2. The second-order valence-corrected chi connectivity index (χ2v) is 7.07. The zero-order valence-corrected chi connectivity index (χ0v) is 16.2. The van der Waals surface area contributed by atoms with Crippen LogP contribution in [0.5, 0.6) is 23.0 Å². The van der Waals surface area contributed by atoms with E-state index in [0.29, 0.717) is 36.1 Å². The molecule has 1 unspecified atom stereocenters. The van der Waals surface area contributed by atoms with Gasteiger partial charge in [-0.25, -0.2) is 0 Å². The Kier molecular flexibility index (Phi) is 4.85. The highest BCUT2D eigenvalue weighted by molar-refractivity contribution is 5.82. The number of nitrogens with zero attached hydrogens (tertiary/aromatic N) is 2. The van der Waals surface area contributed by atoms with Crippen LogP contribution in [0, 0.1) is 0 Å². The molecule has 0 radical (unpaired) electrons. The van der Waals surface area contributed by atoms with Gasteiger partial charge >= 0.3 is 0 Å². The number of pyridine rings is 1. The third-order valence-electron chi connectivity index (χ3n) is 5.03. The van der Waals surface area contributed by atoms with Crippen molar-refractivity contribution in [3.8, 4) is 23.0 Å². The molecule has 0 saturated heterocycles. The van der Waals surface area contributed by atoms with Crippen LogP contribution in [0.1, 0.15) is 11.1 Å². The van der Waals surface area contributed by atoms with Crippen LogP contribution < -0.4 is 18.9 Å². The molecule has 7 heteroatoms. The molecule has 1 amide bonds. The van der Waals surface area contributed by atoms with Gasteiger partial charge in [0.15, 0.2) is 23.0 Å². The third-order valence-corrected chi connectivity index (χ3v) is 5.03. The lowest BCUT2D eigenvalue weighted by molar-refractivity contribution is -0.142. The molecule has 152 valence electrons. The van der Waals surface area contributed by atoms with E-state index in [-0.39, 0.29) is 19.3 Å². The molecular formula is C23H20N2O5. The standard InChI is InChI=1S/C23H20N2O5/c26-23(21-14-27-18-7-1-2-8-19(18)30-21)25(12-16-5-4-10-24-11-16)13-17-6-3-9-20-22(17)29-15-28-20/h1-11,21H,12-15H2. The number of hydrogen-bond acceptors (Lipinski definition) is 6. The second kappa shape index (κ2) is 7.94. The van der Waals surface area contributed by atoms with Gasteiger partial charge in [-0.3, -0.25) is 9.78 Å². The minimum absolute atomic E-state index is 0.159. The number of rotatable bonds is 5. The van der Waals surface area contributed by atoms with Crippen molar-refractivity contribution in [2.24, 2.45) is 0 Å². The largest absolute Gasteiger partial charge is 0.485 e. The Labute approximate surface area is 173 Å². The van der Waals surface area contributed by atoms with Gasteiger partial charge in [-0.2, -0.15) is 0 Å². The summed E-state index contributed by atoms with van der Waals surface area (Å²) in [6.07, 6.45) is 2.73. The van der Waals surface area contributed by atoms with E-state index in [9.17, 15) is 4.79 Å². The number of fused-ring (bicyclic) bond motifs is 2. The summed E-state index contributed by atoms with van der Waals surface area (Å²) in [7, 11) is 0. The second-order valence-electron chi connectivity index (χ2n) is 7.07. The maximum Gasteiger partial charge on any atom is 0.267 e. The molecule has 1 aromatic heterocycles. The molecule has 30 heavy (non-hydrogen) atoms. The maximum absolute atomic E-state index is 13.4. The summed E-state index contributed by atoms with van der Waals surface area (Å²) < 4.78 is 22.8. The smallest absolute Gasteiger partial charge is 0.267 e. The first-order valence-electron chi connectivity index (χ1n) is 9.71. The highest BCUT2D eigenvalue weighted by Gasteiger charge is 2.32. The monoisotopic (exact) mass is 404 g/mol. The Morgan fingerprint density at radius 2 is 1.80 bits per heavy atom. The van der Waals surface area contributed by atoms with E-state index in [1.54, 1.807) is 23.4 Å². The summed E-state index contributed by atoms with van der Waals surface area (Å²) in [6, 6.07) is 16.8. The lowest BCUT2D eigenvalue weighted by atomic mass is 10.1. The highest BCUT2D eigenvalue weighted by Crippen LogP contribution is 2.36. The van der Waals surface area contributed by atoms with Crippen molar-refractivity contribution < 1.29 is 23.7 Å². The van der Waals surface area contributed by atoms with E-state index in [2.05, 4.69) is 4.98 Å². The Hall–Kier alpha value is -3.74. The van der Waals surface area contributed by atoms with Gasteiger partial charge in [0.25, 0.3) is 5.91 Å². The number of ether oxygens (including phenoxy) is 4. The van der Waals surface area contributed by atoms with Crippen LogP contribution in [0.4, 0.5) is 0 Å². The van der Waals surface area contributed by atoms with E-state index in [1.165, 1.54) is 0 Å². The molecule has 3 aromatic rings.